The maximum atomic E-state index is 11.7. The molecular formula is C22H16ClNO3S. The number of thiophene rings is 1. The van der Waals surface area contributed by atoms with Crippen molar-refractivity contribution in [1.82, 2.24) is 5.48 Å². The van der Waals surface area contributed by atoms with Gasteiger partial charge in [-0.05, 0) is 53.1 Å². The standard InChI is InChI=1S/C22H16ClNO3S/c23-16-8-4-14(5-9-16)13-27-17-10-6-15(7-11-17)18-2-1-3-20-19(18)12-21(28-20)22(25)24-26/h1-12,26H,13H2,(H,24,25). The molecule has 0 saturated carbocycles. The van der Waals surface area contributed by atoms with Gasteiger partial charge < -0.3 is 4.74 Å². The highest BCUT2D eigenvalue weighted by molar-refractivity contribution is 7.20. The Kier molecular flexibility index (Phi) is 5.30. The summed E-state index contributed by atoms with van der Waals surface area (Å²) in [6, 6.07) is 23.1. The number of halogens is 1. The highest BCUT2D eigenvalue weighted by atomic mass is 35.5. The van der Waals surface area contributed by atoms with Crippen LogP contribution in [0.15, 0.2) is 72.8 Å². The van der Waals surface area contributed by atoms with Gasteiger partial charge in [0, 0.05) is 15.1 Å². The van der Waals surface area contributed by atoms with Gasteiger partial charge in [0.2, 0.25) is 0 Å². The summed E-state index contributed by atoms with van der Waals surface area (Å²) in [5, 5.41) is 10.5. The molecule has 1 heterocycles. The zero-order chi connectivity index (χ0) is 19.5. The quantitative estimate of drug-likeness (QED) is 0.317. The van der Waals surface area contributed by atoms with E-state index in [2.05, 4.69) is 0 Å². The normalized spacial score (nSPS) is 10.8. The molecule has 0 saturated heterocycles. The molecule has 0 bridgehead atoms. The average molecular weight is 410 g/mol. The van der Waals surface area contributed by atoms with Crippen LogP contribution >= 0.6 is 22.9 Å². The van der Waals surface area contributed by atoms with Crippen LogP contribution in [-0.4, -0.2) is 11.1 Å². The molecule has 1 amide bonds. The summed E-state index contributed by atoms with van der Waals surface area (Å²) in [4.78, 5) is 12.2. The van der Waals surface area contributed by atoms with Crippen molar-refractivity contribution in [3.05, 3.63) is 88.3 Å². The third kappa shape index (κ3) is 3.87. The van der Waals surface area contributed by atoms with Gasteiger partial charge in [-0.1, -0.05) is 48.0 Å². The fraction of sp³-hybridized carbons (Fsp3) is 0.0455. The van der Waals surface area contributed by atoms with Crippen LogP contribution in [0.1, 0.15) is 15.2 Å². The third-order valence-corrected chi connectivity index (χ3v) is 5.72. The van der Waals surface area contributed by atoms with E-state index in [9.17, 15) is 4.79 Å². The number of hydrogen-bond donors (Lipinski definition) is 2. The van der Waals surface area contributed by atoms with Crippen LogP contribution in [0.3, 0.4) is 0 Å². The van der Waals surface area contributed by atoms with E-state index in [-0.39, 0.29) is 0 Å². The molecule has 0 aliphatic carbocycles. The highest BCUT2D eigenvalue weighted by Gasteiger charge is 2.12. The van der Waals surface area contributed by atoms with Crippen LogP contribution in [0.5, 0.6) is 5.75 Å². The van der Waals surface area contributed by atoms with Gasteiger partial charge in [-0.15, -0.1) is 11.3 Å². The monoisotopic (exact) mass is 409 g/mol. The van der Waals surface area contributed by atoms with Gasteiger partial charge in [0.1, 0.15) is 12.4 Å². The van der Waals surface area contributed by atoms with Crippen molar-refractivity contribution in [1.29, 1.82) is 0 Å². The van der Waals surface area contributed by atoms with Crippen LogP contribution in [0.4, 0.5) is 0 Å². The molecule has 0 radical (unpaired) electrons. The minimum Gasteiger partial charge on any atom is -0.489 e. The van der Waals surface area contributed by atoms with E-state index in [4.69, 9.17) is 21.5 Å². The minimum absolute atomic E-state index is 0.466. The summed E-state index contributed by atoms with van der Waals surface area (Å²) in [5.74, 6) is 0.273. The van der Waals surface area contributed by atoms with Crippen molar-refractivity contribution >= 4 is 38.9 Å². The number of nitrogens with one attached hydrogen (secondary N) is 1. The number of carbonyl (C=O) groups excluding carboxylic acids is 1. The van der Waals surface area contributed by atoms with Gasteiger partial charge in [0.15, 0.2) is 0 Å². The van der Waals surface area contributed by atoms with Gasteiger partial charge in [-0.3, -0.25) is 10.0 Å². The number of hydrogen-bond acceptors (Lipinski definition) is 4. The zero-order valence-electron chi connectivity index (χ0n) is 14.7. The fourth-order valence-corrected chi connectivity index (χ4v) is 4.06. The van der Waals surface area contributed by atoms with Gasteiger partial charge in [-0.2, -0.15) is 0 Å². The zero-order valence-corrected chi connectivity index (χ0v) is 16.3. The molecule has 2 N–H and O–H groups in total. The van der Waals surface area contributed by atoms with Crippen molar-refractivity contribution in [2.75, 3.05) is 0 Å². The molecule has 0 atom stereocenters. The summed E-state index contributed by atoms with van der Waals surface area (Å²) in [6.07, 6.45) is 0. The first-order chi connectivity index (χ1) is 13.6. The SMILES string of the molecule is O=C(NO)c1cc2c(-c3ccc(OCc4ccc(Cl)cc4)cc3)cccc2s1. The maximum absolute atomic E-state index is 11.7. The van der Waals surface area contributed by atoms with E-state index in [1.165, 1.54) is 11.3 Å². The number of rotatable bonds is 5. The minimum atomic E-state index is -0.502. The molecule has 28 heavy (non-hydrogen) atoms. The van der Waals surface area contributed by atoms with E-state index < -0.39 is 5.91 Å². The van der Waals surface area contributed by atoms with Crippen LogP contribution < -0.4 is 10.2 Å². The van der Waals surface area contributed by atoms with Gasteiger partial charge in [0.25, 0.3) is 5.91 Å². The molecule has 3 aromatic carbocycles. The Morgan fingerprint density at radius 2 is 1.79 bits per heavy atom. The summed E-state index contributed by atoms with van der Waals surface area (Å²) >= 11 is 7.24. The molecule has 4 rings (SSSR count). The Hall–Kier alpha value is -2.86. The number of benzene rings is 3. The predicted octanol–water partition coefficient (Wildman–Crippen LogP) is 5.92. The Morgan fingerprint density at radius 3 is 2.50 bits per heavy atom. The van der Waals surface area contributed by atoms with Crippen LogP contribution in [0.2, 0.25) is 5.02 Å². The van der Waals surface area contributed by atoms with E-state index in [0.29, 0.717) is 16.5 Å². The Morgan fingerprint density at radius 1 is 1.04 bits per heavy atom. The smallest absolute Gasteiger partial charge is 0.284 e. The highest BCUT2D eigenvalue weighted by Crippen LogP contribution is 2.34. The van der Waals surface area contributed by atoms with Crippen molar-refractivity contribution in [2.24, 2.45) is 0 Å². The van der Waals surface area contributed by atoms with E-state index in [1.807, 2.05) is 66.7 Å². The molecule has 0 spiro atoms. The molecule has 0 fully saturated rings. The fourth-order valence-electron chi connectivity index (χ4n) is 2.96. The van der Waals surface area contributed by atoms with Gasteiger partial charge in [-0.25, -0.2) is 5.48 Å². The van der Waals surface area contributed by atoms with E-state index >= 15 is 0 Å². The largest absolute Gasteiger partial charge is 0.489 e. The third-order valence-electron chi connectivity index (χ3n) is 4.37. The lowest BCUT2D eigenvalue weighted by Crippen LogP contribution is -2.16. The number of carbonyl (C=O) groups is 1. The summed E-state index contributed by atoms with van der Waals surface area (Å²) in [6.45, 7) is 0.469. The molecule has 1 aromatic heterocycles. The van der Waals surface area contributed by atoms with Crippen molar-refractivity contribution in [3.63, 3.8) is 0 Å². The lowest BCUT2D eigenvalue weighted by Gasteiger charge is -2.08. The lowest BCUT2D eigenvalue weighted by atomic mass is 10.0. The van der Waals surface area contributed by atoms with Crippen molar-refractivity contribution in [2.45, 2.75) is 6.61 Å². The maximum Gasteiger partial charge on any atom is 0.284 e. The van der Waals surface area contributed by atoms with Crippen molar-refractivity contribution in [3.8, 4) is 16.9 Å². The van der Waals surface area contributed by atoms with Crippen LogP contribution in [0, 0.1) is 0 Å². The Bertz CT molecular complexity index is 1120. The Labute approximate surface area is 170 Å². The number of amides is 1. The summed E-state index contributed by atoms with van der Waals surface area (Å²) in [5.41, 5.74) is 4.78. The molecule has 4 aromatic rings. The second kappa shape index (κ2) is 8.02. The topological polar surface area (TPSA) is 58.6 Å². The van der Waals surface area contributed by atoms with E-state index in [0.717, 1.165) is 32.5 Å². The van der Waals surface area contributed by atoms with E-state index in [1.54, 1.807) is 11.5 Å². The number of fused-ring (bicyclic) bond motifs is 1. The molecule has 0 unspecified atom stereocenters. The summed E-state index contributed by atoms with van der Waals surface area (Å²) < 4.78 is 6.82. The first kappa shape index (κ1) is 18.5. The first-order valence-corrected chi connectivity index (χ1v) is 9.78. The van der Waals surface area contributed by atoms with Gasteiger partial charge in [0.05, 0.1) is 4.88 Å². The number of hydroxylamine groups is 1. The lowest BCUT2D eigenvalue weighted by molar-refractivity contribution is 0.0711. The second-order valence-electron chi connectivity index (χ2n) is 6.21. The molecule has 6 heteroatoms. The number of ether oxygens (including phenoxy) is 1. The van der Waals surface area contributed by atoms with Gasteiger partial charge >= 0.3 is 0 Å². The second-order valence-corrected chi connectivity index (χ2v) is 7.73. The summed E-state index contributed by atoms with van der Waals surface area (Å²) in [7, 11) is 0. The molecule has 0 aliphatic heterocycles. The first-order valence-electron chi connectivity index (χ1n) is 8.59. The predicted molar refractivity (Wildman–Crippen MR) is 112 cm³/mol. The average Bonchev–Trinajstić information content (AvgIpc) is 3.18. The van der Waals surface area contributed by atoms with Crippen molar-refractivity contribution < 1.29 is 14.7 Å². The molecule has 4 nitrogen and oxygen atoms in total. The molecule has 0 aliphatic rings. The molecular weight excluding hydrogens is 394 g/mol. The Balaban J connectivity index is 1.56. The van der Waals surface area contributed by atoms with Crippen LogP contribution in [0.25, 0.3) is 21.2 Å². The van der Waals surface area contributed by atoms with Crippen LogP contribution in [-0.2, 0) is 6.61 Å². The molecule has 140 valence electrons.